The Labute approximate surface area is 92.6 Å². The van der Waals surface area contributed by atoms with Crippen LogP contribution in [0, 0.1) is 0 Å². The number of rotatable bonds is 5. The van der Waals surface area contributed by atoms with Crippen molar-refractivity contribution in [1.82, 2.24) is 0 Å². The van der Waals surface area contributed by atoms with E-state index in [1.165, 1.54) is 7.11 Å². The van der Waals surface area contributed by atoms with Gasteiger partial charge in [-0.15, -0.1) is 0 Å². The van der Waals surface area contributed by atoms with Gasteiger partial charge < -0.3 is 9.29 Å². The highest BCUT2D eigenvalue weighted by Gasteiger charge is 1.99. The Hall–Kier alpha value is -0.760. The number of methoxy groups -OCH3 is 1. The van der Waals surface area contributed by atoms with Crippen LogP contribution in [0.25, 0.3) is 0 Å². The van der Waals surface area contributed by atoms with Gasteiger partial charge in [0.05, 0.1) is 7.11 Å². The fourth-order valence-electron chi connectivity index (χ4n) is 0.913. The van der Waals surface area contributed by atoms with Gasteiger partial charge in [-0.1, -0.05) is 12.1 Å². The first-order chi connectivity index (χ1) is 7.01. The largest absolute Gasteiger partial charge is 0.725 e. The van der Waals surface area contributed by atoms with E-state index in [0.29, 0.717) is 17.8 Å². The van der Waals surface area contributed by atoms with E-state index >= 15 is 0 Å². The first-order valence-electron chi connectivity index (χ1n) is 3.91. The minimum atomic E-state index is -4.63. The molecule has 84 valence electrons. The summed E-state index contributed by atoms with van der Waals surface area (Å²) in [4.78, 5) is 0. The predicted molar refractivity (Wildman–Crippen MR) is 55.1 cm³/mol. The van der Waals surface area contributed by atoms with Gasteiger partial charge in [-0.05, 0) is 17.7 Å². The highest BCUT2D eigenvalue weighted by molar-refractivity contribution is 8.02. The molecule has 0 unspecified atom stereocenters. The van der Waals surface area contributed by atoms with Crippen molar-refractivity contribution >= 4 is 22.4 Å². The molecule has 0 amide bonds. The predicted octanol–water partition coefficient (Wildman–Crippen LogP) is 1.32. The maximum atomic E-state index is 10.1. The van der Waals surface area contributed by atoms with E-state index in [4.69, 9.17) is 4.74 Å². The van der Waals surface area contributed by atoms with Crippen LogP contribution < -0.4 is 4.74 Å². The molecule has 0 aliphatic rings. The van der Waals surface area contributed by atoms with E-state index in [1.807, 2.05) is 0 Å². The third-order valence-electron chi connectivity index (χ3n) is 1.49. The summed E-state index contributed by atoms with van der Waals surface area (Å²) in [7, 11) is -3.10. The number of ether oxygens (including phenoxy) is 1. The fourth-order valence-corrected chi connectivity index (χ4v) is 1.89. The molecule has 5 nitrogen and oxygen atoms in total. The van der Waals surface area contributed by atoms with E-state index in [1.54, 1.807) is 24.3 Å². The first-order valence-corrected chi connectivity index (χ1v) is 6.15. The van der Waals surface area contributed by atoms with Crippen LogP contribution in [-0.4, -0.2) is 20.1 Å². The van der Waals surface area contributed by atoms with Crippen LogP contribution in [0.15, 0.2) is 24.3 Å². The van der Waals surface area contributed by atoms with Crippen molar-refractivity contribution in [1.29, 1.82) is 0 Å². The average Bonchev–Trinajstić information content (AvgIpc) is 2.16. The number of benzene rings is 1. The lowest BCUT2D eigenvalue weighted by Crippen LogP contribution is -1.97. The molecule has 7 heteroatoms. The molecule has 0 saturated heterocycles. The van der Waals surface area contributed by atoms with Crippen molar-refractivity contribution in [3.63, 3.8) is 0 Å². The molecule has 0 aliphatic carbocycles. The Morgan fingerprint density at radius 3 is 2.80 bits per heavy atom. The van der Waals surface area contributed by atoms with Crippen LogP contribution in [0.1, 0.15) is 5.56 Å². The second kappa shape index (κ2) is 5.36. The molecule has 0 aromatic heterocycles. The Kier molecular flexibility index (Phi) is 4.40. The van der Waals surface area contributed by atoms with Gasteiger partial charge in [-0.25, -0.2) is 12.0 Å². The third kappa shape index (κ3) is 5.03. The molecule has 0 atom stereocenters. The lowest BCUT2D eigenvalue weighted by Gasteiger charge is -2.06. The summed E-state index contributed by atoms with van der Waals surface area (Å²) in [5, 5.41) is 0. The molecule has 0 heterocycles. The molecular weight excluding hydrogens is 240 g/mol. The Morgan fingerprint density at radius 2 is 2.20 bits per heavy atom. The van der Waals surface area contributed by atoms with Crippen LogP contribution >= 0.6 is 12.0 Å². The van der Waals surface area contributed by atoms with Gasteiger partial charge in [-0.2, -0.15) is 0 Å². The Balaban J connectivity index is 2.51. The van der Waals surface area contributed by atoms with Crippen molar-refractivity contribution in [3.8, 4) is 5.75 Å². The highest BCUT2D eigenvalue weighted by atomic mass is 32.3. The minimum absolute atomic E-state index is 0.263. The van der Waals surface area contributed by atoms with Gasteiger partial charge in [0, 0.05) is 17.8 Å². The molecule has 0 bridgehead atoms. The lowest BCUT2D eigenvalue weighted by atomic mass is 10.2. The molecule has 0 fully saturated rings. The molecule has 15 heavy (non-hydrogen) atoms. The van der Waals surface area contributed by atoms with Gasteiger partial charge >= 0.3 is 0 Å². The Bertz CT molecular complexity index is 415. The monoisotopic (exact) mass is 249 g/mol. The summed E-state index contributed by atoms with van der Waals surface area (Å²) in [6, 6.07) is 7.03. The molecule has 0 saturated carbocycles. The van der Waals surface area contributed by atoms with Gasteiger partial charge in [0.15, 0.2) is 0 Å². The quantitative estimate of drug-likeness (QED) is 0.445. The summed E-state index contributed by atoms with van der Waals surface area (Å²) in [6.07, 6.45) is 0. The van der Waals surface area contributed by atoms with Crippen molar-refractivity contribution < 1.29 is 21.3 Å². The average molecular weight is 249 g/mol. The standard InChI is InChI=1S/C8H10O5S2/c1-12-8-4-2-3-7(5-8)6-14-13-15(9,10)11/h2-5H,6H2,1H3,(H,9,10,11)/p-1. The van der Waals surface area contributed by atoms with Gasteiger partial charge in [-0.3, -0.25) is 0 Å². The third-order valence-corrected chi connectivity index (χ3v) is 2.99. The van der Waals surface area contributed by atoms with Crippen LogP contribution in [0.2, 0.25) is 0 Å². The lowest BCUT2D eigenvalue weighted by molar-refractivity contribution is 0.391. The molecule has 0 aliphatic heterocycles. The van der Waals surface area contributed by atoms with Crippen molar-refractivity contribution in [2.75, 3.05) is 7.11 Å². The summed E-state index contributed by atoms with van der Waals surface area (Å²) in [5.41, 5.74) is 0.808. The summed E-state index contributed by atoms with van der Waals surface area (Å²) >= 11 is 0.576. The van der Waals surface area contributed by atoms with E-state index in [9.17, 15) is 13.0 Å². The zero-order chi connectivity index (χ0) is 11.3. The zero-order valence-corrected chi connectivity index (χ0v) is 9.51. The second-order valence-electron chi connectivity index (χ2n) is 2.59. The molecule has 0 N–H and O–H groups in total. The maximum absolute atomic E-state index is 10.1. The fraction of sp³-hybridized carbons (Fsp3) is 0.250. The van der Waals surface area contributed by atoms with Crippen LogP contribution in [0.3, 0.4) is 0 Å². The maximum Gasteiger partial charge on any atom is 0.228 e. The molecular formula is C8H9O5S2-. The van der Waals surface area contributed by atoms with Crippen molar-refractivity contribution in [2.45, 2.75) is 5.75 Å². The van der Waals surface area contributed by atoms with E-state index in [0.717, 1.165) is 5.56 Å². The summed E-state index contributed by atoms with van der Waals surface area (Å²) < 4.78 is 39.3. The first kappa shape index (κ1) is 12.3. The van der Waals surface area contributed by atoms with Gasteiger partial charge in [0.25, 0.3) is 0 Å². The number of hydrogen-bond donors (Lipinski definition) is 0. The normalized spacial score (nSPS) is 11.3. The second-order valence-corrected chi connectivity index (χ2v) is 4.48. The SMILES string of the molecule is COc1cccc(CSOS(=O)(=O)[O-])c1. The molecule has 1 aromatic rings. The van der Waals surface area contributed by atoms with Crippen LogP contribution in [0.4, 0.5) is 0 Å². The summed E-state index contributed by atoms with van der Waals surface area (Å²) in [6.45, 7) is 0. The van der Waals surface area contributed by atoms with Crippen molar-refractivity contribution in [3.05, 3.63) is 29.8 Å². The summed E-state index contributed by atoms with van der Waals surface area (Å²) in [5.74, 6) is 0.927. The van der Waals surface area contributed by atoms with E-state index in [2.05, 4.69) is 3.63 Å². The van der Waals surface area contributed by atoms with Crippen LogP contribution in [-0.2, 0) is 19.8 Å². The molecule has 1 aromatic carbocycles. The minimum Gasteiger partial charge on any atom is -0.725 e. The molecule has 0 radical (unpaired) electrons. The number of hydrogen-bond acceptors (Lipinski definition) is 6. The van der Waals surface area contributed by atoms with Crippen molar-refractivity contribution in [2.24, 2.45) is 0 Å². The van der Waals surface area contributed by atoms with Crippen LogP contribution in [0.5, 0.6) is 5.75 Å². The smallest absolute Gasteiger partial charge is 0.228 e. The highest BCUT2D eigenvalue weighted by Crippen LogP contribution is 2.19. The zero-order valence-electron chi connectivity index (χ0n) is 7.87. The molecule has 0 spiro atoms. The molecule has 1 rings (SSSR count). The topological polar surface area (TPSA) is 75.7 Å². The Morgan fingerprint density at radius 1 is 1.47 bits per heavy atom. The van der Waals surface area contributed by atoms with Gasteiger partial charge in [0.1, 0.15) is 5.75 Å². The van der Waals surface area contributed by atoms with Gasteiger partial charge in [0.2, 0.25) is 10.4 Å². The van der Waals surface area contributed by atoms with E-state index in [-0.39, 0.29) is 5.75 Å². The van der Waals surface area contributed by atoms with E-state index < -0.39 is 10.4 Å².